The van der Waals surface area contributed by atoms with Gasteiger partial charge in [-0.15, -0.1) is 0 Å². The van der Waals surface area contributed by atoms with Crippen LogP contribution in [-0.2, 0) is 20.9 Å². The smallest absolute Gasteiger partial charge is 0.338 e. The molecule has 8 heteroatoms. The molecule has 0 spiro atoms. The molecule has 1 saturated heterocycles. The maximum absolute atomic E-state index is 13.3. The van der Waals surface area contributed by atoms with Gasteiger partial charge in [-0.05, 0) is 61.4 Å². The molecule has 184 valence electrons. The van der Waals surface area contributed by atoms with E-state index < -0.39 is 23.7 Å². The number of likely N-dealkylation sites (tertiary alicyclic amines) is 1. The van der Waals surface area contributed by atoms with E-state index in [2.05, 4.69) is 4.98 Å². The molecular weight excluding hydrogens is 460 g/mol. The van der Waals surface area contributed by atoms with Crippen molar-refractivity contribution in [3.8, 4) is 5.75 Å². The number of Topliss-reactive ketones (excluding diaryl/α,β-unsaturated/α-hetero) is 1. The van der Waals surface area contributed by atoms with Gasteiger partial charge < -0.3 is 19.5 Å². The van der Waals surface area contributed by atoms with E-state index in [0.717, 1.165) is 5.56 Å². The number of hydrogen-bond acceptors (Lipinski definition) is 7. The number of aromatic nitrogens is 1. The van der Waals surface area contributed by atoms with Gasteiger partial charge in [0.15, 0.2) is 0 Å². The van der Waals surface area contributed by atoms with Crippen molar-refractivity contribution < 1.29 is 29.0 Å². The predicted molar refractivity (Wildman–Crippen MR) is 132 cm³/mol. The van der Waals surface area contributed by atoms with Gasteiger partial charge in [-0.2, -0.15) is 0 Å². The van der Waals surface area contributed by atoms with Crippen molar-refractivity contribution in [2.45, 2.75) is 26.4 Å². The largest absolute Gasteiger partial charge is 0.507 e. The number of amides is 1. The Morgan fingerprint density at radius 1 is 1.06 bits per heavy atom. The molecule has 1 aliphatic heterocycles. The van der Waals surface area contributed by atoms with E-state index in [1.54, 1.807) is 67.8 Å². The molecule has 0 radical (unpaired) electrons. The van der Waals surface area contributed by atoms with E-state index >= 15 is 0 Å². The minimum absolute atomic E-state index is 0.0294. The van der Waals surface area contributed by atoms with Crippen molar-refractivity contribution in [3.05, 3.63) is 100 Å². The van der Waals surface area contributed by atoms with Gasteiger partial charge in [-0.1, -0.05) is 23.8 Å². The van der Waals surface area contributed by atoms with Gasteiger partial charge in [0.1, 0.15) is 11.5 Å². The topological polar surface area (TPSA) is 106 Å². The molecule has 1 amide bonds. The van der Waals surface area contributed by atoms with Gasteiger partial charge >= 0.3 is 5.97 Å². The highest BCUT2D eigenvalue weighted by atomic mass is 16.5. The van der Waals surface area contributed by atoms with Crippen LogP contribution in [0.4, 0.5) is 0 Å². The van der Waals surface area contributed by atoms with Crippen LogP contribution in [0.2, 0.25) is 0 Å². The van der Waals surface area contributed by atoms with Gasteiger partial charge in [0.25, 0.3) is 11.7 Å². The lowest BCUT2D eigenvalue weighted by molar-refractivity contribution is -0.140. The second-order valence-corrected chi connectivity index (χ2v) is 8.33. The van der Waals surface area contributed by atoms with Crippen molar-refractivity contribution in [2.24, 2.45) is 0 Å². The number of nitrogens with zero attached hydrogens (tertiary/aromatic N) is 2. The lowest BCUT2D eigenvalue weighted by atomic mass is 9.95. The molecular formula is C28H26N2O6. The summed E-state index contributed by atoms with van der Waals surface area (Å²) in [5.74, 6) is -1.89. The van der Waals surface area contributed by atoms with Crippen molar-refractivity contribution in [3.63, 3.8) is 0 Å². The van der Waals surface area contributed by atoms with E-state index in [0.29, 0.717) is 28.0 Å². The third-order valence-electron chi connectivity index (χ3n) is 5.99. The third kappa shape index (κ3) is 4.70. The SMILES string of the molecule is CCOC(=O)c1ccc(CN2C(=O)C(=O)/C(=C(/O)c3cc(C)ccc3OC)C2c2ccncc2)cc1. The first-order valence-electron chi connectivity index (χ1n) is 11.4. The average Bonchev–Trinajstić information content (AvgIpc) is 3.14. The number of aliphatic hydroxyl groups excluding tert-OH is 1. The maximum atomic E-state index is 13.3. The molecule has 0 saturated carbocycles. The summed E-state index contributed by atoms with van der Waals surface area (Å²) in [7, 11) is 1.47. The lowest BCUT2D eigenvalue weighted by Crippen LogP contribution is -2.29. The van der Waals surface area contributed by atoms with Crippen LogP contribution in [0.25, 0.3) is 5.76 Å². The molecule has 1 unspecified atom stereocenters. The molecule has 1 aliphatic rings. The first-order chi connectivity index (χ1) is 17.3. The number of esters is 1. The molecule has 0 aliphatic carbocycles. The van der Waals surface area contributed by atoms with Crippen LogP contribution in [-0.4, -0.2) is 46.4 Å². The summed E-state index contributed by atoms with van der Waals surface area (Å²) >= 11 is 0. The van der Waals surface area contributed by atoms with Crippen molar-refractivity contribution in [2.75, 3.05) is 13.7 Å². The number of pyridine rings is 1. The molecule has 1 atom stereocenters. The van der Waals surface area contributed by atoms with Crippen LogP contribution < -0.4 is 4.74 Å². The number of carbonyl (C=O) groups excluding carboxylic acids is 3. The highest BCUT2D eigenvalue weighted by Crippen LogP contribution is 2.41. The predicted octanol–water partition coefficient (Wildman–Crippen LogP) is 4.20. The van der Waals surface area contributed by atoms with Crippen molar-refractivity contribution in [1.82, 2.24) is 9.88 Å². The van der Waals surface area contributed by atoms with Crippen LogP contribution in [0, 0.1) is 6.92 Å². The Morgan fingerprint density at radius 2 is 1.75 bits per heavy atom. The van der Waals surface area contributed by atoms with Gasteiger partial charge in [-0.3, -0.25) is 14.6 Å². The maximum Gasteiger partial charge on any atom is 0.338 e. The Morgan fingerprint density at radius 3 is 2.39 bits per heavy atom. The average molecular weight is 487 g/mol. The van der Waals surface area contributed by atoms with E-state index in [1.807, 2.05) is 13.0 Å². The van der Waals surface area contributed by atoms with Gasteiger partial charge in [0.05, 0.1) is 36.5 Å². The molecule has 3 aromatic rings. The lowest BCUT2D eigenvalue weighted by Gasteiger charge is -2.25. The zero-order valence-corrected chi connectivity index (χ0v) is 20.2. The van der Waals surface area contributed by atoms with Crippen LogP contribution in [0.1, 0.15) is 45.6 Å². The molecule has 0 bridgehead atoms. The first kappa shape index (κ1) is 24.7. The van der Waals surface area contributed by atoms with Crippen LogP contribution in [0.15, 0.2) is 72.6 Å². The Labute approximate surface area is 208 Å². The number of hydrogen-bond donors (Lipinski definition) is 1. The van der Waals surface area contributed by atoms with Crippen LogP contribution in [0.3, 0.4) is 0 Å². The normalized spacial score (nSPS) is 16.8. The summed E-state index contributed by atoms with van der Waals surface area (Å²) in [6.07, 6.45) is 3.13. The van der Waals surface area contributed by atoms with Crippen molar-refractivity contribution in [1.29, 1.82) is 0 Å². The highest BCUT2D eigenvalue weighted by molar-refractivity contribution is 6.46. The van der Waals surface area contributed by atoms with Crippen LogP contribution >= 0.6 is 0 Å². The van der Waals surface area contributed by atoms with E-state index in [9.17, 15) is 19.5 Å². The summed E-state index contributed by atoms with van der Waals surface area (Å²) in [6, 6.07) is 14.4. The highest BCUT2D eigenvalue weighted by Gasteiger charge is 2.46. The molecule has 36 heavy (non-hydrogen) atoms. The zero-order chi connectivity index (χ0) is 25.8. The molecule has 8 nitrogen and oxygen atoms in total. The number of aryl methyl sites for hydroxylation is 1. The summed E-state index contributed by atoms with van der Waals surface area (Å²) < 4.78 is 10.4. The second kappa shape index (κ2) is 10.4. The summed E-state index contributed by atoms with van der Waals surface area (Å²) in [5.41, 5.74) is 2.87. The summed E-state index contributed by atoms with van der Waals surface area (Å²) in [5, 5.41) is 11.3. The Bertz CT molecular complexity index is 1330. The fourth-order valence-corrected chi connectivity index (χ4v) is 4.24. The number of aliphatic hydroxyl groups is 1. The van der Waals surface area contributed by atoms with Crippen molar-refractivity contribution >= 4 is 23.4 Å². The Balaban J connectivity index is 1.79. The van der Waals surface area contributed by atoms with Gasteiger partial charge in [0, 0.05) is 18.9 Å². The van der Waals surface area contributed by atoms with Crippen LogP contribution in [0.5, 0.6) is 5.75 Å². The van der Waals surface area contributed by atoms with E-state index in [-0.39, 0.29) is 24.5 Å². The Hall–Kier alpha value is -4.46. The molecule has 4 rings (SSSR count). The summed E-state index contributed by atoms with van der Waals surface area (Å²) in [4.78, 5) is 43.9. The molecule has 1 aromatic heterocycles. The number of ether oxygens (including phenoxy) is 2. The number of benzene rings is 2. The minimum atomic E-state index is -0.844. The standard InChI is InChI=1S/C28H26N2O6/c1-4-36-28(34)20-8-6-18(7-9-20)16-30-24(19-11-13-29-14-12-19)23(26(32)27(30)33)25(31)21-15-17(2)5-10-22(21)35-3/h5-15,24,31H,4,16H2,1-3H3/b25-23+. The quantitative estimate of drug-likeness (QED) is 0.231. The van der Waals surface area contributed by atoms with Gasteiger partial charge in [0.2, 0.25) is 0 Å². The second-order valence-electron chi connectivity index (χ2n) is 8.33. The third-order valence-corrected chi connectivity index (χ3v) is 5.99. The van der Waals surface area contributed by atoms with E-state index in [4.69, 9.17) is 9.47 Å². The summed E-state index contributed by atoms with van der Waals surface area (Å²) in [6.45, 7) is 3.94. The van der Waals surface area contributed by atoms with E-state index in [1.165, 1.54) is 12.0 Å². The number of ketones is 1. The zero-order valence-electron chi connectivity index (χ0n) is 20.2. The number of rotatable bonds is 7. The Kier molecular flexibility index (Phi) is 7.15. The fourth-order valence-electron chi connectivity index (χ4n) is 4.24. The molecule has 2 aromatic carbocycles. The molecule has 1 N–H and O–H groups in total. The fraction of sp³-hybridized carbons (Fsp3) is 0.214. The molecule has 2 heterocycles. The molecule has 1 fully saturated rings. The van der Waals surface area contributed by atoms with Gasteiger partial charge in [-0.25, -0.2) is 4.79 Å². The first-order valence-corrected chi connectivity index (χ1v) is 11.4. The minimum Gasteiger partial charge on any atom is -0.507 e. The number of carbonyl (C=O) groups is 3. The monoisotopic (exact) mass is 486 g/mol. The number of methoxy groups -OCH3 is 1.